The van der Waals surface area contributed by atoms with E-state index in [1.54, 1.807) is 6.07 Å². The second kappa shape index (κ2) is 6.53. The molecule has 0 aliphatic heterocycles. The van der Waals surface area contributed by atoms with E-state index >= 15 is 0 Å². The van der Waals surface area contributed by atoms with Gasteiger partial charge in [0.2, 0.25) is 5.91 Å². The van der Waals surface area contributed by atoms with Gasteiger partial charge in [0.05, 0.1) is 0 Å². The van der Waals surface area contributed by atoms with E-state index in [1.165, 1.54) is 0 Å². The lowest BCUT2D eigenvalue weighted by Gasteiger charge is -2.06. The minimum Gasteiger partial charge on any atom is -0.398 e. The number of carbonyl (C=O) groups is 1. The van der Waals surface area contributed by atoms with Crippen LogP contribution in [-0.4, -0.2) is 5.91 Å². The van der Waals surface area contributed by atoms with Crippen molar-refractivity contribution in [2.24, 2.45) is 0 Å². The van der Waals surface area contributed by atoms with Crippen LogP contribution < -0.4 is 11.1 Å². The molecule has 1 aromatic carbocycles. The van der Waals surface area contributed by atoms with Gasteiger partial charge in [-0.3, -0.25) is 4.79 Å². The Kier molecular flexibility index (Phi) is 5.32. The lowest BCUT2D eigenvalue weighted by molar-refractivity contribution is -0.116. The molecule has 0 radical (unpaired) electrons. The summed E-state index contributed by atoms with van der Waals surface area (Å²) < 4.78 is 0.844. The maximum Gasteiger partial charge on any atom is 0.224 e. The summed E-state index contributed by atoms with van der Waals surface area (Å²) in [5.41, 5.74) is 7.10. The largest absolute Gasteiger partial charge is 0.398 e. The van der Waals surface area contributed by atoms with Gasteiger partial charge in [-0.15, -0.1) is 0 Å². The van der Waals surface area contributed by atoms with Gasteiger partial charge in [0.15, 0.2) is 0 Å². The highest BCUT2D eigenvalue weighted by atomic mass is 79.9. The highest BCUT2D eigenvalue weighted by molar-refractivity contribution is 9.10. The minimum absolute atomic E-state index is 0.0511. The van der Waals surface area contributed by atoms with E-state index in [1.807, 2.05) is 12.1 Å². The Labute approximate surface area is 105 Å². The Bertz CT molecular complexity index is 366. The van der Waals surface area contributed by atoms with Gasteiger partial charge >= 0.3 is 0 Å². The average Bonchev–Trinajstić information content (AvgIpc) is 2.24. The van der Waals surface area contributed by atoms with E-state index in [2.05, 4.69) is 28.2 Å². The fraction of sp³-hybridized carbons (Fsp3) is 0.417. The second-order valence-corrected chi connectivity index (χ2v) is 4.60. The van der Waals surface area contributed by atoms with Crippen molar-refractivity contribution in [2.75, 3.05) is 11.1 Å². The molecule has 0 heterocycles. The predicted octanol–water partition coefficient (Wildman–Crippen LogP) is 3.55. The number of nitrogens with two attached hydrogens (primary N) is 1. The molecule has 0 bridgehead atoms. The Morgan fingerprint density at radius 2 is 2.19 bits per heavy atom. The van der Waals surface area contributed by atoms with Crippen LogP contribution in [0.3, 0.4) is 0 Å². The van der Waals surface area contributed by atoms with Crippen LogP contribution in [0.25, 0.3) is 0 Å². The van der Waals surface area contributed by atoms with Crippen molar-refractivity contribution in [2.45, 2.75) is 32.6 Å². The maximum absolute atomic E-state index is 11.5. The fourth-order valence-electron chi connectivity index (χ4n) is 1.38. The first kappa shape index (κ1) is 13.0. The molecular formula is C12H17BrN2O. The van der Waals surface area contributed by atoms with Gasteiger partial charge in [0, 0.05) is 22.3 Å². The van der Waals surface area contributed by atoms with Crippen molar-refractivity contribution in [1.82, 2.24) is 0 Å². The van der Waals surface area contributed by atoms with Crippen LogP contribution in [0, 0.1) is 0 Å². The number of nitrogens with one attached hydrogen (secondary N) is 1. The quantitative estimate of drug-likeness (QED) is 0.642. The highest BCUT2D eigenvalue weighted by Gasteiger charge is 2.03. The highest BCUT2D eigenvalue weighted by Crippen LogP contribution is 2.23. The molecule has 4 heteroatoms. The first-order valence-electron chi connectivity index (χ1n) is 5.48. The van der Waals surface area contributed by atoms with E-state index in [-0.39, 0.29) is 5.91 Å². The Balaban J connectivity index is 2.46. The summed E-state index contributed by atoms with van der Waals surface area (Å²) in [5.74, 6) is 0.0511. The molecule has 0 saturated heterocycles. The van der Waals surface area contributed by atoms with E-state index in [4.69, 9.17) is 5.73 Å². The van der Waals surface area contributed by atoms with Crippen LogP contribution in [0.5, 0.6) is 0 Å². The maximum atomic E-state index is 11.5. The molecule has 0 atom stereocenters. The van der Waals surface area contributed by atoms with Crippen molar-refractivity contribution in [3.05, 3.63) is 22.7 Å². The van der Waals surface area contributed by atoms with Crippen LogP contribution in [0.15, 0.2) is 22.7 Å². The summed E-state index contributed by atoms with van der Waals surface area (Å²) >= 11 is 3.31. The van der Waals surface area contributed by atoms with Crippen molar-refractivity contribution in [1.29, 1.82) is 0 Å². The van der Waals surface area contributed by atoms with Gasteiger partial charge in [-0.05, 0) is 40.5 Å². The second-order valence-electron chi connectivity index (χ2n) is 3.74. The van der Waals surface area contributed by atoms with E-state index in [0.29, 0.717) is 12.1 Å². The summed E-state index contributed by atoms with van der Waals surface area (Å²) in [4.78, 5) is 11.5. The van der Waals surface area contributed by atoms with Crippen LogP contribution in [0.1, 0.15) is 32.6 Å². The Morgan fingerprint density at radius 1 is 1.44 bits per heavy atom. The zero-order valence-corrected chi connectivity index (χ0v) is 11.0. The summed E-state index contributed by atoms with van der Waals surface area (Å²) in [7, 11) is 0. The Hall–Kier alpha value is -1.03. The molecule has 0 aliphatic carbocycles. The fourth-order valence-corrected chi connectivity index (χ4v) is 1.63. The minimum atomic E-state index is 0.0511. The molecule has 1 amide bonds. The van der Waals surface area contributed by atoms with E-state index in [9.17, 15) is 4.79 Å². The topological polar surface area (TPSA) is 55.1 Å². The van der Waals surface area contributed by atoms with Gasteiger partial charge < -0.3 is 11.1 Å². The summed E-state index contributed by atoms with van der Waals surface area (Å²) in [6.07, 6.45) is 3.73. The van der Waals surface area contributed by atoms with Gasteiger partial charge in [0.1, 0.15) is 0 Å². The number of hydrogen-bond donors (Lipinski definition) is 2. The van der Waals surface area contributed by atoms with Gasteiger partial charge in [-0.2, -0.15) is 0 Å². The van der Waals surface area contributed by atoms with Crippen molar-refractivity contribution >= 4 is 33.2 Å². The molecule has 0 unspecified atom stereocenters. The normalized spacial score (nSPS) is 10.1. The zero-order valence-electron chi connectivity index (χ0n) is 9.42. The third kappa shape index (κ3) is 4.23. The standard InChI is InChI=1S/C12H17BrN2O/c1-2-3-4-5-12(16)15-9-6-7-10(13)11(14)8-9/h6-8H,2-5,14H2,1H3,(H,15,16). The van der Waals surface area contributed by atoms with Crippen molar-refractivity contribution in [3.63, 3.8) is 0 Å². The number of amides is 1. The van der Waals surface area contributed by atoms with Crippen molar-refractivity contribution in [3.8, 4) is 0 Å². The molecule has 0 aromatic heterocycles. The zero-order chi connectivity index (χ0) is 12.0. The van der Waals surface area contributed by atoms with E-state index < -0.39 is 0 Å². The lowest BCUT2D eigenvalue weighted by atomic mass is 10.2. The molecule has 3 N–H and O–H groups in total. The molecule has 0 fully saturated rings. The predicted molar refractivity (Wildman–Crippen MR) is 71.3 cm³/mol. The third-order valence-corrected chi connectivity index (χ3v) is 3.01. The molecule has 1 rings (SSSR count). The molecule has 0 spiro atoms. The van der Waals surface area contributed by atoms with Gasteiger partial charge in [0.25, 0.3) is 0 Å². The molecule has 16 heavy (non-hydrogen) atoms. The first-order chi connectivity index (χ1) is 7.63. The number of benzene rings is 1. The monoisotopic (exact) mass is 284 g/mol. The van der Waals surface area contributed by atoms with Crippen LogP contribution in [-0.2, 0) is 4.79 Å². The lowest BCUT2D eigenvalue weighted by Crippen LogP contribution is -2.11. The summed E-state index contributed by atoms with van der Waals surface area (Å²) in [5, 5.41) is 2.83. The summed E-state index contributed by atoms with van der Waals surface area (Å²) in [6.45, 7) is 2.12. The number of rotatable bonds is 5. The van der Waals surface area contributed by atoms with Crippen LogP contribution in [0.4, 0.5) is 11.4 Å². The van der Waals surface area contributed by atoms with Gasteiger partial charge in [-0.25, -0.2) is 0 Å². The molecule has 0 aliphatic rings. The Morgan fingerprint density at radius 3 is 2.81 bits per heavy atom. The molecular weight excluding hydrogens is 268 g/mol. The summed E-state index contributed by atoms with van der Waals surface area (Å²) in [6, 6.07) is 5.41. The van der Waals surface area contributed by atoms with Gasteiger partial charge in [-0.1, -0.05) is 19.8 Å². The molecule has 88 valence electrons. The SMILES string of the molecule is CCCCCC(=O)Nc1ccc(Br)c(N)c1. The first-order valence-corrected chi connectivity index (χ1v) is 6.27. The number of carbonyl (C=O) groups excluding carboxylic acids is 1. The molecule has 1 aromatic rings. The molecule has 0 saturated carbocycles. The number of unbranched alkanes of at least 4 members (excludes halogenated alkanes) is 2. The smallest absolute Gasteiger partial charge is 0.224 e. The number of halogens is 1. The van der Waals surface area contributed by atoms with Crippen LogP contribution in [0.2, 0.25) is 0 Å². The van der Waals surface area contributed by atoms with E-state index in [0.717, 1.165) is 29.4 Å². The van der Waals surface area contributed by atoms with Crippen LogP contribution >= 0.6 is 15.9 Å². The molecule has 3 nitrogen and oxygen atoms in total. The van der Waals surface area contributed by atoms with Crippen molar-refractivity contribution < 1.29 is 4.79 Å². The number of hydrogen-bond acceptors (Lipinski definition) is 2. The average molecular weight is 285 g/mol. The third-order valence-electron chi connectivity index (χ3n) is 2.29. The number of nitrogen functional groups attached to an aromatic ring is 1. The number of anilines is 2.